The van der Waals surface area contributed by atoms with Crippen LogP contribution in [0.3, 0.4) is 0 Å². The third-order valence-electron chi connectivity index (χ3n) is 4.10. The summed E-state index contributed by atoms with van der Waals surface area (Å²) in [5.41, 5.74) is 0. The standard InChI is InChI=1S/3C7H11O2.BrH.Sn/c3*1-3-4-5-9-7(2)6-8;;/h3*2-5H2,1H3;1H;/q;;;;+1/p-1. The summed E-state index contributed by atoms with van der Waals surface area (Å²) < 4.78 is 17.7. The summed E-state index contributed by atoms with van der Waals surface area (Å²) in [7, 11) is 0. The number of unbranched alkanes of at least 4 members (excludes halogenated alkanes) is 3. The van der Waals surface area contributed by atoms with E-state index in [1.54, 1.807) is 0 Å². The second-order valence-electron chi connectivity index (χ2n) is 6.86. The van der Waals surface area contributed by atoms with E-state index >= 15 is 0 Å². The summed E-state index contributed by atoms with van der Waals surface area (Å²) in [4.78, 5) is 34.2. The molecule has 8 heteroatoms. The Morgan fingerprint density at radius 2 is 0.931 bits per heavy atom. The summed E-state index contributed by atoms with van der Waals surface area (Å²) in [6.45, 7) is 7.40. The van der Waals surface area contributed by atoms with Crippen molar-refractivity contribution in [1.82, 2.24) is 0 Å². The average Bonchev–Trinajstić information content (AvgIpc) is 2.72. The van der Waals surface area contributed by atoms with Gasteiger partial charge in [0.15, 0.2) is 0 Å². The Labute approximate surface area is 184 Å². The molecule has 0 radical (unpaired) electrons. The van der Waals surface area contributed by atoms with Crippen molar-refractivity contribution in [3.63, 3.8) is 0 Å². The van der Waals surface area contributed by atoms with E-state index < -0.39 is 16.2 Å². The first-order valence-electron chi connectivity index (χ1n) is 10.3. The molecule has 0 amide bonds. The fourth-order valence-electron chi connectivity index (χ4n) is 2.42. The van der Waals surface area contributed by atoms with Crippen molar-refractivity contribution in [2.45, 2.75) is 72.6 Å². The monoisotopic (exact) mass is 580 g/mol. The molecular weight excluding hydrogens is 547 g/mol. The molecule has 0 N–H and O–H groups in total. The topological polar surface area (TPSA) is 78.9 Å². The molecule has 0 aromatic heterocycles. The van der Waals surface area contributed by atoms with Gasteiger partial charge in [-0.3, -0.25) is 0 Å². The summed E-state index contributed by atoms with van der Waals surface area (Å²) >= 11 is 0.271. The van der Waals surface area contributed by atoms with E-state index in [2.05, 4.69) is 12.7 Å². The van der Waals surface area contributed by atoms with E-state index in [0.717, 1.165) is 38.5 Å². The first-order chi connectivity index (χ1) is 14.0. The molecule has 0 spiro atoms. The van der Waals surface area contributed by atoms with Gasteiger partial charge < -0.3 is 0 Å². The van der Waals surface area contributed by atoms with Crippen LogP contribution in [0.4, 0.5) is 0 Å². The van der Waals surface area contributed by atoms with Crippen molar-refractivity contribution in [3.05, 3.63) is 17.3 Å². The molecular formula is C21H33BrO6Sn. The first kappa shape index (κ1) is 28.0. The number of rotatable bonds is 18. The second-order valence-corrected chi connectivity index (χ2v) is 27.7. The maximum absolute atomic E-state index is 11.4. The number of allylic oxidation sites excluding steroid dienone is 3. The van der Waals surface area contributed by atoms with E-state index in [1.165, 1.54) is 0 Å². The van der Waals surface area contributed by atoms with Gasteiger partial charge in [-0.15, -0.1) is 0 Å². The van der Waals surface area contributed by atoms with Gasteiger partial charge >= 0.3 is 185 Å². The Kier molecular flexibility index (Phi) is 17.3. The van der Waals surface area contributed by atoms with Gasteiger partial charge in [0.2, 0.25) is 0 Å². The van der Waals surface area contributed by atoms with E-state index in [4.69, 9.17) is 14.2 Å². The second kappa shape index (κ2) is 17.9. The van der Waals surface area contributed by atoms with E-state index in [1.807, 2.05) is 38.6 Å². The zero-order valence-electron chi connectivity index (χ0n) is 17.8. The Morgan fingerprint density at radius 3 is 1.14 bits per heavy atom. The number of carbonyl (C=O) groups excluding carboxylic acids is 3. The quantitative estimate of drug-likeness (QED) is 0.0992. The van der Waals surface area contributed by atoms with Gasteiger partial charge in [-0.25, -0.2) is 0 Å². The van der Waals surface area contributed by atoms with Crippen molar-refractivity contribution < 1.29 is 28.6 Å². The molecule has 164 valence electrons. The van der Waals surface area contributed by atoms with Gasteiger partial charge in [0.1, 0.15) is 0 Å². The summed E-state index contributed by atoms with van der Waals surface area (Å²) in [5, 5.41) is 0. The summed E-state index contributed by atoms with van der Waals surface area (Å²) in [5.74, 6) is 6.26. The minimum atomic E-state index is -3.54. The van der Waals surface area contributed by atoms with Crippen molar-refractivity contribution in [1.29, 1.82) is 0 Å². The molecule has 29 heavy (non-hydrogen) atoms. The summed E-state index contributed by atoms with van der Waals surface area (Å²) in [6, 6.07) is 0. The van der Waals surface area contributed by atoms with Crippen molar-refractivity contribution in [2.75, 3.05) is 19.8 Å². The van der Waals surface area contributed by atoms with Crippen LogP contribution in [0.5, 0.6) is 0 Å². The molecule has 0 aliphatic rings. The Hall–Kier alpha value is -0.971. The van der Waals surface area contributed by atoms with Gasteiger partial charge in [-0.2, -0.15) is 0 Å². The van der Waals surface area contributed by atoms with Crippen molar-refractivity contribution in [2.24, 2.45) is 0 Å². The fraction of sp³-hybridized carbons (Fsp3) is 0.714. The molecule has 0 aromatic carbocycles. The molecule has 0 aliphatic carbocycles. The third kappa shape index (κ3) is 13.8. The zero-order chi connectivity index (χ0) is 22.0. The van der Waals surface area contributed by atoms with Crippen LogP contribution in [0.2, 0.25) is 13.3 Å². The molecule has 0 aliphatic heterocycles. The van der Waals surface area contributed by atoms with Crippen molar-refractivity contribution in [3.8, 4) is 0 Å². The van der Waals surface area contributed by atoms with Crippen LogP contribution < -0.4 is 0 Å². The number of halogens is 1. The molecule has 0 saturated heterocycles. The number of hydrogen-bond donors (Lipinski definition) is 0. The molecule has 0 rings (SSSR count). The number of hydrogen-bond acceptors (Lipinski definition) is 6. The van der Waals surface area contributed by atoms with Gasteiger partial charge in [0.05, 0.1) is 0 Å². The van der Waals surface area contributed by atoms with Crippen LogP contribution in [0.1, 0.15) is 59.3 Å². The molecule has 0 saturated carbocycles. The Balaban J connectivity index is 5.39. The van der Waals surface area contributed by atoms with Gasteiger partial charge in [0, 0.05) is 0 Å². The van der Waals surface area contributed by atoms with E-state index in [0.29, 0.717) is 33.1 Å². The predicted octanol–water partition coefficient (Wildman–Crippen LogP) is 4.92. The number of ether oxygens (including phenoxy) is 3. The molecule has 0 aromatic rings. The zero-order valence-corrected chi connectivity index (χ0v) is 22.3. The van der Waals surface area contributed by atoms with Gasteiger partial charge in [0.25, 0.3) is 0 Å². The van der Waals surface area contributed by atoms with E-state index in [9.17, 15) is 14.4 Å². The SMILES string of the molecule is CCCCOC(=C=O)[CH2][Sn]([Br])([CH2]C(=C=O)OCCCC)[CH2]C(=C=O)OCCCC. The van der Waals surface area contributed by atoms with Crippen LogP contribution in [-0.4, -0.2) is 53.8 Å². The minimum absolute atomic E-state index is 0.212. The molecule has 0 bridgehead atoms. The van der Waals surface area contributed by atoms with Crippen molar-refractivity contribution >= 4 is 46.7 Å². The molecule has 0 heterocycles. The van der Waals surface area contributed by atoms with Gasteiger partial charge in [-0.05, 0) is 0 Å². The molecule has 6 nitrogen and oxygen atoms in total. The van der Waals surface area contributed by atoms with Gasteiger partial charge in [-0.1, -0.05) is 0 Å². The fourth-order valence-corrected chi connectivity index (χ4v) is 15.0. The normalized spacial score (nSPS) is 12.0. The first-order valence-corrected chi connectivity index (χ1v) is 22.7. The van der Waals surface area contributed by atoms with E-state index in [-0.39, 0.29) is 17.3 Å². The predicted molar refractivity (Wildman–Crippen MR) is 119 cm³/mol. The molecule has 0 unspecified atom stereocenters. The maximum atomic E-state index is 11.4. The summed E-state index contributed by atoms with van der Waals surface area (Å²) in [6.07, 6.45) is 5.32. The van der Waals surface area contributed by atoms with Crippen LogP contribution in [0.25, 0.3) is 0 Å². The van der Waals surface area contributed by atoms with Crippen LogP contribution in [0.15, 0.2) is 17.3 Å². The Bertz CT molecular complexity index is 533. The average molecular weight is 580 g/mol. The van der Waals surface area contributed by atoms with Crippen LogP contribution in [-0.2, 0) is 28.6 Å². The third-order valence-corrected chi connectivity index (χ3v) is 17.9. The Morgan fingerprint density at radius 1 is 0.655 bits per heavy atom. The van der Waals surface area contributed by atoms with Crippen LogP contribution in [0, 0.1) is 0 Å². The van der Waals surface area contributed by atoms with Crippen LogP contribution >= 0.6 is 12.7 Å². The molecule has 0 atom stereocenters. The molecule has 0 fully saturated rings.